The zero-order valence-electron chi connectivity index (χ0n) is 16.1. The molecule has 0 saturated carbocycles. The number of fused-ring (bicyclic) bond motifs is 1. The first kappa shape index (κ1) is 20.8. The van der Waals surface area contributed by atoms with Crippen molar-refractivity contribution in [2.45, 2.75) is 0 Å². The molecule has 0 atom stereocenters. The summed E-state index contributed by atoms with van der Waals surface area (Å²) in [7, 11) is 3.98. The largest absolute Gasteiger partial charge is 0.510 e. The summed E-state index contributed by atoms with van der Waals surface area (Å²) in [6.07, 6.45) is 7.37. The minimum Gasteiger partial charge on any atom is -0.510 e. The van der Waals surface area contributed by atoms with Crippen LogP contribution >= 0.6 is 0 Å². The van der Waals surface area contributed by atoms with Crippen LogP contribution in [0, 0.1) is 25.5 Å². The van der Waals surface area contributed by atoms with E-state index in [4.69, 9.17) is 0 Å². The number of rotatable bonds is 2. The molecular formula is C22H20IrN6-4. The molecule has 0 bridgehead atoms. The van der Waals surface area contributed by atoms with E-state index in [1.54, 1.807) is 6.33 Å². The SMILES string of the molecule is CN1C=CN(c2[c-]cccc2)[CH-]1.CN1[CH-]N(c2[c-]cccc2)c2ncncc21.[Ir]. The van der Waals surface area contributed by atoms with Crippen LogP contribution in [0.5, 0.6) is 0 Å². The van der Waals surface area contributed by atoms with E-state index in [-0.39, 0.29) is 20.1 Å². The average molecular weight is 561 g/mol. The summed E-state index contributed by atoms with van der Waals surface area (Å²) >= 11 is 0. The van der Waals surface area contributed by atoms with Gasteiger partial charge in [0.25, 0.3) is 0 Å². The number of anilines is 4. The van der Waals surface area contributed by atoms with Gasteiger partial charge >= 0.3 is 0 Å². The van der Waals surface area contributed by atoms with Crippen molar-refractivity contribution < 1.29 is 20.1 Å². The van der Waals surface area contributed by atoms with Crippen molar-refractivity contribution in [1.82, 2.24) is 14.9 Å². The molecule has 0 N–H and O–H groups in total. The number of hydrogen-bond donors (Lipinski definition) is 0. The standard InChI is InChI=1S/C12H10N4.C10H10N2.Ir/c1-15-9-16(10-5-3-2-4-6-10)12-11(15)7-13-8-14-12;1-11-7-8-12(9-11)10-5-3-2-4-6-10;/h2-5,7-9H,1H3;2-5,7-9H,1H3;/q2*-2;. The van der Waals surface area contributed by atoms with Crippen LogP contribution in [-0.2, 0) is 20.1 Å². The Bertz CT molecular complexity index is 934. The van der Waals surface area contributed by atoms with E-state index in [2.05, 4.69) is 22.1 Å². The van der Waals surface area contributed by atoms with E-state index in [0.717, 1.165) is 22.9 Å². The molecule has 5 rings (SSSR count). The van der Waals surface area contributed by atoms with Crippen molar-refractivity contribution in [2.24, 2.45) is 0 Å². The topological polar surface area (TPSA) is 38.7 Å². The Kier molecular flexibility index (Phi) is 6.86. The Hall–Kier alpha value is -2.89. The molecule has 2 aromatic carbocycles. The normalized spacial score (nSPS) is 14.3. The van der Waals surface area contributed by atoms with Crippen LogP contribution < -0.4 is 14.7 Å². The molecule has 2 aliphatic rings. The van der Waals surface area contributed by atoms with Gasteiger partial charge < -0.3 is 19.6 Å². The molecule has 3 heterocycles. The Morgan fingerprint density at radius 2 is 1.62 bits per heavy atom. The summed E-state index contributed by atoms with van der Waals surface area (Å²) in [6.45, 7) is 3.98. The van der Waals surface area contributed by atoms with E-state index in [9.17, 15) is 0 Å². The van der Waals surface area contributed by atoms with Crippen LogP contribution in [0.25, 0.3) is 0 Å². The predicted octanol–water partition coefficient (Wildman–Crippen LogP) is 3.81. The molecule has 2 aliphatic heterocycles. The minimum absolute atomic E-state index is 0. The Morgan fingerprint density at radius 1 is 0.897 bits per heavy atom. The fourth-order valence-corrected chi connectivity index (χ4v) is 2.89. The molecule has 6 nitrogen and oxygen atoms in total. The van der Waals surface area contributed by atoms with Crippen LogP contribution in [0.2, 0.25) is 0 Å². The van der Waals surface area contributed by atoms with Gasteiger partial charge in [0.05, 0.1) is 11.9 Å². The van der Waals surface area contributed by atoms with E-state index in [0.29, 0.717) is 0 Å². The fraction of sp³-hybridized carbons (Fsp3) is 0.0909. The van der Waals surface area contributed by atoms with Gasteiger partial charge in [-0.3, -0.25) is 0 Å². The molecule has 151 valence electrons. The number of para-hydroxylation sites is 2. The third kappa shape index (κ3) is 4.75. The molecule has 0 unspecified atom stereocenters. The number of aromatic nitrogens is 2. The van der Waals surface area contributed by atoms with Crippen molar-refractivity contribution in [1.29, 1.82) is 0 Å². The maximum absolute atomic E-state index is 4.29. The van der Waals surface area contributed by atoms with Crippen molar-refractivity contribution in [3.05, 3.63) is 98.9 Å². The van der Waals surface area contributed by atoms with Gasteiger partial charge in [-0.1, -0.05) is 0 Å². The maximum Gasteiger partial charge on any atom is 0.128 e. The Balaban J connectivity index is 0.000000167. The van der Waals surface area contributed by atoms with Crippen molar-refractivity contribution in [3.8, 4) is 0 Å². The number of hydrogen-bond acceptors (Lipinski definition) is 6. The number of nitrogens with zero attached hydrogens (tertiary/aromatic N) is 6. The zero-order chi connectivity index (χ0) is 19.3. The first-order valence-corrected chi connectivity index (χ1v) is 8.86. The molecule has 3 aromatic rings. The monoisotopic (exact) mass is 561 g/mol. The number of benzene rings is 2. The average Bonchev–Trinajstić information content (AvgIpc) is 3.34. The molecule has 0 saturated heterocycles. The van der Waals surface area contributed by atoms with Gasteiger partial charge in [-0.05, 0) is 26.5 Å². The van der Waals surface area contributed by atoms with Gasteiger partial charge in [-0.25, -0.2) is 9.97 Å². The summed E-state index contributed by atoms with van der Waals surface area (Å²) in [4.78, 5) is 16.3. The van der Waals surface area contributed by atoms with Gasteiger partial charge in [0.1, 0.15) is 12.1 Å². The smallest absolute Gasteiger partial charge is 0.128 e. The van der Waals surface area contributed by atoms with E-state index in [1.807, 2.05) is 114 Å². The molecule has 1 aromatic heterocycles. The van der Waals surface area contributed by atoms with Crippen LogP contribution in [0.15, 0.2) is 73.5 Å². The molecule has 0 fully saturated rings. The third-order valence-electron chi connectivity index (χ3n) is 4.26. The van der Waals surface area contributed by atoms with Crippen molar-refractivity contribution in [3.63, 3.8) is 0 Å². The fourth-order valence-electron chi connectivity index (χ4n) is 2.89. The van der Waals surface area contributed by atoms with Crippen LogP contribution in [-0.4, -0.2) is 29.0 Å². The van der Waals surface area contributed by atoms with Gasteiger partial charge in [0.2, 0.25) is 0 Å². The summed E-state index contributed by atoms with van der Waals surface area (Å²) < 4.78 is 0. The molecule has 0 spiro atoms. The van der Waals surface area contributed by atoms with Crippen molar-refractivity contribution in [2.75, 3.05) is 28.8 Å². The van der Waals surface area contributed by atoms with E-state index in [1.165, 1.54) is 0 Å². The van der Waals surface area contributed by atoms with Crippen LogP contribution in [0.1, 0.15) is 0 Å². The molecule has 0 aliphatic carbocycles. The molecule has 29 heavy (non-hydrogen) atoms. The summed E-state index contributed by atoms with van der Waals surface area (Å²) in [6, 6.07) is 22.1. The van der Waals surface area contributed by atoms with Crippen LogP contribution in [0.3, 0.4) is 0 Å². The van der Waals surface area contributed by atoms with Crippen molar-refractivity contribution >= 4 is 22.9 Å². The zero-order valence-corrected chi connectivity index (χ0v) is 18.5. The molecule has 1 radical (unpaired) electrons. The predicted molar refractivity (Wildman–Crippen MR) is 111 cm³/mol. The summed E-state index contributed by atoms with van der Waals surface area (Å²) in [5.41, 5.74) is 3.05. The van der Waals surface area contributed by atoms with Gasteiger partial charge in [-0.15, -0.1) is 11.4 Å². The minimum atomic E-state index is 0. The van der Waals surface area contributed by atoms with Crippen LogP contribution in [0.4, 0.5) is 22.9 Å². The molecular weight excluding hydrogens is 541 g/mol. The molecule has 0 amide bonds. The summed E-state index contributed by atoms with van der Waals surface area (Å²) in [5, 5.41) is 0. The Morgan fingerprint density at radius 3 is 2.24 bits per heavy atom. The second-order valence-electron chi connectivity index (χ2n) is 6.31. The second-order valence-corrected chi connectivity index (χ2v) is 6.31. The molecule has 7 heteroatoms. The van der Waals surface area contributed by atoms with E-state index < -0.39 is 0 Å². The van der Waals surface area contributed by atoms with Gasteiger partial charge in [-0.2, -0.15) is 74.0 Å². The first-order valence-electron chi connectivity index (χ1n) is 8.86. The second kappa shape index (κ2) is 9.54. The first-order chi connectivity index (χ1) is 13.7. The van der Waals surface area contributed by atoms with Gasteiger partial charge in [0, 0.05) is 20.1 Å². The quantitative estimate of drug-likeness (QED) is 0.444. The summed E-state index contributed by atoms with van der Waals surface area (Å²) in [5.74, 6) is 0.889. The maximum atomic E-state index is 4.29. The van der Waals surface area contributed by atoms with Gasteiger partial charge in [0.15, 0.2) is 0 Å². The third-order valence-corrected chi connectivity index (χ3v) is 4.26. The Labute approximate surface area is 185 Å². The van der Waals surface area contributed by atoms with E-state index >= 15 is 0 Å².